The van der Waals surface area contributed by atoms with Gasteiger partial charge in [0, 0.05) is 24.3 Å². The molecule has 20 heavy (non-hydrogen) atoms. The lowest BCUT2D eigenvalue weighted by molar-refractivity contribution is 0.0953. The van der Waals surface area contributed by atoms with E-state index in [2.05, 4.69) is 26.8 Å². The number of rotatable bonds is 7. The molecule has 0 bridgehead atoms. The van der Waals surface area contributed by atoms with Crippen LogP contribution in [0.15, 0.2) is 30.6 Å². The first kappa shape index (κ1) is 14.6. The quantitative estimate of drug-likeness (QED) is 0.765. The number of benzene rings is 1. The molecule has 0 radical (unpaired) electrons. The lowest BCUT2D eigenvalue weighted by atomic mass is 10.1. The Morgan fingerprint density at radius 3 is 2.80 bits per heavy atom. The van der Waals surface area contributed by atoms with Crippen LogP contribution in [0.5, 0.6) is 0 Å². The van der Waals surface area contributed by atoms with Gasteiger partial charge in [-0.2, -0.15) is 16.9 Å². The zero-order valence-corrected chi connectivity index (χ0v) is 12.2. The summed E-state index contributed by atoms with van der Waals surface area (Å²) in [6.45, 7) is 0.631. The number of aromatic nitrogens is 3. The van der Waals surface area contributed by atoms with Crippen molar-refractivity contribution in [2.75, 3.05) is 12.8 Å². The average molecular weight is 290 g/mol. The van der Waals surface area contributed by atoms with Gasteiger partial charge in [0.2, 0.25) is 0 Å². The number of nitrogens with one attached hydrogen (secondary N) is 2. The van der Waals surface area contributed by atoms with Crippen molar-refractivity contribution in [2.45, 2.75) is 18.6 Å². The van der Waals surface area contributed by atoms with Gasteiger partial charge in [-0.05, 0) is 30.4 Å². The molecule has 1 amide bonds. The molecule has 2 N–H and O–H groups in total. The molecule has 0 aliphatic carbocycles. The van der Waals surface area contributed by atoms with Crippen LogP contribution < -0.4 is 5.32 Å². The molecule has 0 fully saturated rings. The van der Waals surface area contributed by atoms with E-state index in [1.54, 1.807) is 11.8 Å². The Bertz CT molecular complexity index is 525. The summed E-state index contributed by atoms with van der Waals surface area (Å²) in [6.07, 6.45) is 5.18. The van der Waals surface area contributed by atoms with Crippen LogP contribution in [0.1, 0.15) is 28.2 Å². The van der Waals surface area contributed by atoms with Gasteiger partial charge in [-0.3, -0.25) is 9.89 Å². The molecule has 5 nitrogen and oxygen atoms in total. The third kappa shape index (κ3) is 4.38. The summed E-state index contributed by atoms with van der Waals surface area (Å²) in [7, 11) is 0. The second-order valence-electron chi connectivity index (χ2n) is 4.42. The highest BCUT2D eigenvalue weighted by molar-refractivity contribution is 7.97. The molecule has 2 rings (SSSR count). The first-order valence-corrected chi connectivity index (χ1v) is 7.89. The topological polar surface area (TPSA) is 70.7 Å². The maximum Gasteiger partial charge on any atom is 0.251 e. The van der Waals surface area contributed by atoms with Crippen LogP contribution in [0.2, 0.25) is 0 Å². The average Bonchev–Trinajstić information content (AvgIpc) is 2.98. The Labute approximate surface area is 122 Å². The van der Waals surface area contributed by atoms with Gasteiger partial charge in [0.1, 0.15) is 12.2 Å². The van der Waals surface area contributed by atoms with Gasteiger partial charge in [-0.1, -0.05) is 12.1 Å². The lowest BCUT2D eigenvalue weighted by Gasteiger charge is -2.05. The normalized spacial score (nSPS) is 10.4. The smallest absolute Gasteiger partial charge is 0.251 e. The monoisotopic (exact) mass is 290 g/mol. The van der Waals surface area contributed by atoms with E-state index in [0.717, 1.165) is 24.4 Å². The van der Waals surface area contributed by atoms with Gasteiger partial charge in [-0.15, -0.1) is 0 Å². The van der Waals surface area contributed by atoms with Crippen LogP contribution in [0.4, 0.5) is 0 Å². The summed E-state index contributed by atoms with van der Waals surface area (Å²) < 4.78 is 0. The zero-order chi connectivity index (χ0) is 14.2. The summed E-state index contributed by atoms with van der Waals surface area (Å²) in [6, 6.07) is 7.74. The Morgan fingerprint density at radius 1 is 1.35 bits per heavy atom. The number of nitrogens with zero attached hydrogens (tertiary/aromatic N) is 2. The van der Waals surface area contributed by atoms with Crippen molar-refractivity contribution >= 4 is 17.7 Å². The van der Waals surface area contributed by atoms with Gasteiger partial charge in [0.15, 0.2) is 0 Å². The standard InChI is InChI=1S/C14H18N4OS/c1-20-9-11-4-6-12(7-5-11)14(19)15-8-2-3-13-16-10-17-18-13/h4-7,10H,2-3,8-9H2,1H3,(H,15,19)(H,16,17,18). The first-order chi connectivity index (χ1) is 9.79. The Morgan fingerprint density at radius 2 is 2.15 bits per heavy atom. The van der Waals surface area contributed by atoms with Crippen molar-refractivity contribution < 1.29 is 4.79 Å². The van der Waals surface area contributed by atoms with Crippen LogP contribution in [-0.4, -0.2) is 33.9 Å². The van der Waals surface area contributed by atoms with Crippen LogP contribution in [0.3, 0.4) is 0 Å². The SMILES string of the molecule is CSCc1ccc(C(=O)NCCCc2ncn[nH]2)cc1. The second kappa shape index (κ2) is 7.69. The van der Waals surface area contributed by atoms with Gasteiger partial charge in [0.25, 0.3) is 5.91 Å². The molecule has 1 heterocycles. The minimum Gasteiger partial charge on any atom is -0.352 e. The highest BCUT2D eigenvalue weighted by atomic mass is 32.2. The van der Waals surface area contributed by atoms with E-state index in [0.29, 0.717) is 12.1 Å². The summed E-state index contributed by atoms with van der Waals surface area (Å²) >= 11 is 1.77. The van der Waals surface area contributed by atoms with Crippen LogP contribution >= 0.6 is 11.8 Å². The van der Waals surface area contributed by atoms with Crippen LogP contribution in [0.25, 0.3) is 0 Å². The predicted molar refractivity (Wildman–Crippen MR) is 80.7 cm³/mol. The van der Waals surface area contributed by atoms with E-state index >= 15 is 0 Å². The zero-order valence-electron chi connectivity index (χ0n) is 11.4. The van der Waals surface area contributed by atoms with E-state index in [9.17, 15) is 4.79 Å². The number of carbonyl (C=O) groups is 1. The van der Waals surface area contributed by atoms with Crippen molar-refractivity contribution in [3.8, 4) is 0 Å². The Hall–Kier alpha value is -1.82. The second-order valence-corrected chi connectivity index (χ2v) is 5.29. The third-order valence-corrected chi connectivity index (χ3v) is 3.49. The minimum absolute atomic E-state index is 0.0294. The molecule has 1 aromatic carbocycles. The highest BCUT2D eigenvalue weighted by Crippen LogP contribution is 2.10. The molecule has 1 aromatic heterocycles. The minimum atomic E-state index is -0.0294. The van der Waals surface area contributed by atoms with Crippen molar-refractivity contribution in [1.82, 2.24) is 20.5 Å². The van der Waals surface area contributed by atoms with E-state index < -0.39 is 0 Å². The van der Waals surface area contributed by atoms with Gasteiger partial charge < -0.3 is 5.32 Å². The van der Waals surface area contributed by atoms with Crippen molar-refractivity contribution in [2.24, 2.45) is 0 Å². The van der Waals surface area contributed by atoms with Crippen molar-refractivity contribution in [1.29, 1.82) is 0 Å². The number of thioether (sulfide) groups is 1. The number of amides is 1. The number of hydrogen-bond acceptors (Lipinski definition) is 4. The molecular weight excluding hydrogens is 272 g/mol. The van der Waals surface area contributed by atoms with E-state index in [-0.39, 0.29) is 5.91 Å². The Kier molecular flexibility index (Phi) is 5.61. The molecule has 0 atom stereocenters. The van der Waals surface area contributed by atoms with E-state index in [1.807, 2.05) is 24.3 Å². The predicted octanol–water partition coefficient (Wildman–Crippen LogP) is 2.03. The molecule has 0 unspecified atom stereocenters. The number of H-pyrrole nitrogens is 1. The molecular formula is C14H18N4OS. The fourth-order valence-electron chi connectivity index (χ4n) is 1.83. The molecule has 0 saturated carbocycles. The van der Waals surface area contributed by atoms with Crippen LogP contribution in [0, 0.1) is 0 Å². The maximum absolute atomic E-state index is 11.9. The number of hydrogen-bond donors (Lipinski definition) is 2. The van der Waals surface area contributed by atoms with E-state index in [4.69, 9.17) is 0 Å². The Balaban J connectivity index is 1.73. The largest absolute Gasteiger partial charge is 0.352 e. The number of aromatic amines is 1. The maximum atomic E-state index is 11.9. The number of aryl methyl sites for hydroxylation is 1. The highest BCUT2D eigenvalue weighted by Gasteiger charge is 2.04. The molecule has 0 aliphatic rings. The third-order valence-electron chi connectivity index (χ3n) is 2.87. The molecule has 0 aliphatic heterocycles. The molecule has 106 valence electrons. The molecule has 2 aromatic rings. The first-order valence-electron chi connectivity index (χ1n) is 6.50. The molecule has 0 spiro atoms. The van der Waals surface area contributed by atoms with Gasteiger partial charge >= 0.3 is 0 Å². The summed E-state index contributed by atoms with van der Waals surface area (Å²) in [5.41, 5.74) is 1.94. The fourth-order valence-corrected chi connectivity index (χ4v) is 2.36. The van der Waals surface area contributed by atoms with Gasteiger partial charge in [0.05, 0.1) is 0 Å². The summed E-state index contributed by atoms with van der Waals surface area (Å²) in [5, 5.41) is 9.49. The molecule has 6 heteroatoms. The number of carbonyl (C=O) groups excluding carboxylic acids is 1. The van der Waals surface area contributed by atoms with Crippen molar-refractivity contribution in [3.05, 3.63) is 47.5 Å². The lowest BCUT2D eigenvalue weighted by Crippen LogP contribution is -2.24. The summed E-state index contributed by atoms with van der Waals surface area (Å²) in [5.74, 6) is 1.79. The van der Waals surface area contributed by atoms with Crippen LogP contribution in [-0.2, 0) is 12.2 Å². The van der Waals surface area contributed by atoms with Crippen molar-refractivity contribution in [3.63, 3.8) is 0 Å². The van der Waals surface area contributed by atoms with E-state index in [1.165, 1.54) is 11.9 Å². The van der Waals surface area contributed by atoms with Gasteiger partial charge in [-0.25, -0.2) is 4.98 Å². The molecule has 0 saturated heterocycles. The fraction of sp³-hybridized carbons (Fsp3) is 0.357. The summed E-state index contributed by atoms with van der Waals surface area (Å²) in [4.78, 5) is 16.0.